The van der Waals surface area contributed by atoms with Crippen LogP contribution in [-0.4, -0.2) is 57.8 Å². The summed E-state index contributed by atoms with van der Waals surface area (Å²) in [6, 6.07) is 1.89. The van der Waals surface area contributed by atoms with E-state index in [9.17, 15) is 9.90 Å². The third-order valence-electron chi connectivity index (χ3n) is 3.27. The van der Waals surface area contributed by atoms with Crippen molar-refractivity contribution >= 4 is 5.91 Å². The molecule has 0 saturated heterocycles. The number of aromatic nitrogens is 2. The van der Waals surface area contributed by atoms with E-state index in [4.69, 9.17) is 0 Å². The van der Waals surface area contributed by atoms with Crippen LogP contribution in [0.4, 0.5) is 0 Å². The van der Waals surface area contributed by atoms with Gasteiger partial charge in [0.25, 0.3) is 0 Å². The number of aliphatic hydroxyl groups excluding tert-OH is 1. The number of aliphatic hydroxyl groups is 1. The molecule has 1 amide bonds. The Morgan fingerprint density at radius 2 is 2.26 bits per heavy atom. The molecule has 6 heteroatoms. The van der Waals surface area contributed by atoms with Crippen molar-refractivity contribution < 1.29 is 9.90 Å². The summed E-state index contributed by atoms with van der Waals surface area (Å²) in [4.78, 5) is 15.9. The fourth-order valence-corrected chi connectivity index (χ4v) is 2.27. The number of fused-ring (bicyclic) bond motifs is 1. The van der Waals surface area contributed by atoms with Crippen molar-refractivity contribution in [2.75, 3.05) is 27.2 Å². The number of amides is 1. The van der Waals surface area contributed by atoms with Crippen LogP contribution in [0.5, 0.6) is 0 Å². The second-order valence-electron chi connectivity index (χ2n) is 5.37. The van der Waals surface area contributed by atoms with Crippen LogP contribution >= 0.6 is 0 Å². The second kappa shape index (κ2) is 5.71. The Balaban J connectivity index is 2.13. The molecule has 0 radical (unpaired) electrons. The van der Waals surface area contributed by atoms with E-state index in [-0.39, 0.29) is 5.91 Å². The number of hydrogen-bond donors (Lipinski definition) is 1. The molecule has 106 valence electrons. The third kappa shape index (κ3) is 3.33. The largest absolute Gasteiger partial charge is 0.387 e. The summed E-state index contributed by atoms with van der Waals surface area (Å²) in [5.41, 5.74) is 1.68. The topological polar surface area (TPSA) is 61.6 Å². The maximum Gasteiger partial charge on any atom is 0.237 e. The molecule has 0 spiro atoms. The molecule has 6 nitrogen and oxygen atoms in total. The SMILES string of the molecule is C[C@@H](O)c1cc2n(n1)CCCN(C(=O)CN(C)C)C2. The van der Waals surface area contributed by atoms with Crippen LogP contribution in [0.3, 0.4) is 0 Å². The number of rotatable bonds is 3. The van der Waals surface area contributed by atoms with E-state index in [2.05, 4.69) is 5.10 Å². The molecule has 0 saturated carbocycles. The number of aryl methyl sites for hydroxylation is 1. The fourth-order valence-electron chi connectivity index (χ4n) is 2.27. The number of carbonyl (C=O) groups is 1. The normalized spacial score (nSPS) is 17.2. The minimum atomic E-state index is -0.564. The van der Waals surface area contributed by atoms with E-state index in [1.54, 1.807) is 6.92 Å². The van der Waals surface area contributed by atoms with Crippen molar-refractivity contribution in [1.29, 1.82) is 0 Å². The van der Waals surface area contributed by atoms with Crippen LogP contribution < -0.4 is 0 Å². The monoisotopic (exact) mass is 266 g/mol. The zero-order valence-electron chi connectivity index (χ0n) is 11.8. The maximum absolute atomic E-state index is 12.1. The standard InChI is InChI=1S/C13H22N4O2/c1-10(18)12-7-11-8-16(13(19)9-15(2)3)5-4-6-17(11)14-12/h7,10,18H,4-6,8-9H2,1-3H3/t10-/m1/s1. The average Bonchev–Trinajstić information content (AvgIpc) is 2.61. The number of likely N-dealkylation sites (N-methyl/N-ethyl adjacent to an activating group) is 1. The van der Waals surface area contributed by atoms with Crippen LogP contribution in [0.2, 0.25) is 0 Å². The average molecular weight is 266 g/mol. The van der Waals surface area contributed by atoms with Crippen molar-refractivity contribution in [3.8, 4) is 0 Å². The van der Waals surface area contributed by atoms with Gasteiger partial charge in [-0.2, -0.15) is 5.10 Å². The molecular formula is C13H22N4O2. The first-order chi connectivity index (χ1) is 8.97. The molecule has 0 aliphatic carbocycles. The molecule has 1 aliphatic rings. The van der Waals surface area contributed by atoms with Crippen LogP contribution in [0.15, 0.2) is 6.07 Å². The van der Waals surface area contributed by atoms with Gasteiger partial charge in [-0.15, -0.1) is 0 Å². The van der Waals surface area contributed by atoms with Crippen molar-refractivity contribution in [2.45, 2.75) is 32.5 Å². The Labute approximate surface area is 113 Å². The summed E-state index contributed by atoms with van der Waals surface area (Å²) < 4.78 is 1.91. The first-order valence-corrected chi connectivity index (χ1v) is 6.64. The van der Waals surface area contributed by atoms with Crippen LogP contribution in [-0.2, 0) is 17.9 Å². The van der Waals surface area contributed by atoms with E-state index in [1.807, 2.05) is 34.6 Å². The van der Waals surface area contributed by atoms with Gasteiger partial charge in [0.15, 0.2) is 0 Å². The Bertz CT molecular complexity index is 453. The lowest BCUT2D eigenvalue weighted by molar-refractivity contribution is -0.132. The van der Waals surface area contributed by atoms with Gasteiger partial charge in [-0.1, -0.05) is 0 Å². The van der Waals surface area contributed by atoms with E-state index < -0.39 is 6.10 Å². The quantitative estimate of drug-likeness (QED) is 0.851. The van der Waals surface area contributed by atoms with Gasteiger partial charge in [0.05, 0.1) is 30.6 Å². The molecule has 1 N–H and O–H groups in total. The number of carbonyl (C=O) groups excluding carboxylic acids is 1. The summed E-state index contributed by atoms with van der Waals surface area (Å²) in [5, 5.41) is 14.0. The molecular weight excluding hydrogens is 244 g/mol. The first kappa shape index (κ1) is 14.0. The summed E-state index contributed by atoms with van der Waals surface area (Å²) in [7, 11) is 3.79. The van der Waals surface area contributed by atoms with Gasteiger partial charge in [0.1, 0.15) is 0 Å². The summed E-state index contributed by atoms with van der Waals surface area (Å²) >= 11 is 0. The van der Waals surface area contributed by atoms with E-state index in [0.29, 0.717) is 18.8 Å². The van der Waals surface area contributed by atoms with Gasteiger partial charge in [0.2, 0.25) is 5.91 Å². The van der Waals surface area contributed by atoms with E-state index >= 15 is 0 Å². The molecule has 2 heterocycles. The van der Waals surface area contributed by atoms with Crippen molar-refractivity contribution in [2.24, 2.45) is 0 Å². The highest BCUT2D eigenvalue weighted by molar-refractivity contribution is 5.78. The van der Waals surface area contributed by atoms with Gasteiger partial charge < -0.3 is 14.9 Å². The summed E-state index contributed by atoms with van der Waals surface area (Å²) in [5.74, 6) is 0.137. The number of hydrogen-bond acceptors (Lipinski definition) is 4. The van der Waals surface area contributed by atoms with Crippen molar-refractivity contribution in [1.82, 2.24) is 19.6 Å². The number of nitrogens with zero attached hydrogens (tertiary/aromatic N) is 4. The van der Waals surface area contributed by atoms with E-state index in [0.717, 1.165) is 25.2 Å². The Morgan fingerprint density at radius 3 is 2.89 bits per heavy atom. The van der Waals surface area contributed by atoms with Crippen molar-refractivity contribution in [3.05, 3.63) is 17.5 Å². The van der Waals surface area contributed by atoms with Crippen LogP contribution in [0.1, 0.15) is 30.8 Å². The van der Waals surface area contributed by atoms with Crippen LogP contribution in [0.25, 0.3) is 0 Å². The van der Waals surface area contributed by atoms with Crippen LogP contribution in [0, 0.1) is 0 Å². The van der Waals surface area contributed by atoms with Crippen molar-refractivity contribution in [3.63, 3.8) is 0 Å². The third-order valence-corrected chi connectivity index (χ3v) is 3.27. The predicted octanol–water partition coefficient (Wildman–Crippen LogP) is 0.230. The Morgan fingerprint density at radius 1 is 1.53 bits per heavy atom. The predicted molar refractivity (Wildman–Crippen MR) is 71.4 cm³/mol. The lowest BCUT2D eigenvalue weighted by atomic mass is 10.2. The lowest BCUT2D eigenvalue weighted by Crippen LogP contribution is -2.37. The molecule has 1 aromatic heterocycles. The van der Waals surface area contributed by atoms with Gasteiger partial charge in [-0.3, -0.25) is 9.48 Å². The highest BCUT2D eigenvalue weighted by Gasteiger charge is 2.21. The minimum Gasteiger partial charge on any atom is -0.387 e. The molecule has 2 rings (SSSR count). The van der Waals surface area contributed by atoms with Gasteiger partial charge in [-0.05, 0) is 33.5 Å². The zero-order chi connectivity index (χ0) is 14.0. The van der Waals surface area contributed by atoms with Gasteiger partial charge in [-0.25, -0.2) is 0 Å². The lowest BCUT2D eigenvalue weighted by Gasteiger charge is -2.22. The second-order valence-corrected chi connectivity index (χ2v) is 5.37. The molecule has 0 aromatic carbocycles. The van der Waals surface area contributed by atoms with Gasteiger partial charge in [0, 0.05) is 13.1 Å². The molecule has 0 bridgehead atoms. The summed E-state index contributed by atoms with van der Waals surface area (Å²) in [6.07, 6.45) is 0.331. The Hall–Kier alpha value is -1.40. The molecule has 1 aromatic rings. The Kier molecular flexibility index (Phi) is 4.21. The summed E-state index contributed by atoms with van der Waals surface area (Å²) in [6.45, 7) is 4.27. The smallest absolute Gasteiger partial charge is 0.237 e. The highest BCUT2D eigenvalue weighted by Crippen LogP contribution is 2.17. The molecule has 0 unspecified atom stereocenters. The highest BCUT2D eigenvalue weighted by atomic mass is 16.3. The maximum atomic E-state index is 12.1. The fraction of sp³-hybridized carbons (Fsp3) is 0.692. The molecule has 19 heavy (non-hydrogen) atoms. The molecule has 1 aliphatic heterocycles. The molecule has 0 fully saturated rings. The zero-order valence-corrected chi connectivity index (χ0v) is 11.8. The first-order valence-electron chi connectivity index (χ1n) is 6.64. The van der Waals surface area contributed by atoms with Gasteiger partial charge >= 0.3 is 0 Å². The van der Waals surface area contributed by atoms with E-state index in [1.165, 1.54) is 0 Å². The minimum absolute atomic E-state index is 0.137. The molecule has 1 atom stereocenters.